The van der Waals surface area contributed by atoms with Crippen molar-refractivity contribution >= 4 is 106 Å². The maximum Gasteiger partial charge on any atom is 1.00 e. The van der Waals surface area contributed by atoms with Gasteiger partial charge in [0.05, 0.1) is 18.5 Å². The van der Waals surface area contributed by atoms with Crippen LogP contribution in [0.1, 0.15) is 20.8 Å². The van der Waals surface area contributed by atoms with Crippen LogP contribution in [0.3, 0.4) is 0 Å². The van der Waals surface area contributed by atoms with E-state index in [2.05, 4.69) is 130 Å². The molecule has 0 aromatic heterocycles. The van der Waals surface area contributed by atoms with Crippen molar-refractivity contribution in [3.05, 3.63) is 92.0 Å². The van der Waals surface area contributed by atoms with E-state index in [0.29, 0.717) is 16.5 Å². The van der Waals surface area contributed by atoms with Crippen molar-refractivity contribution in [2.24, 2.45) is 0 Å². The summed E-state index contributed by atoms with van der Waals surface area (Å²) in [6, 6.07) is 0. The third-order valence-electron chi connectivity index (χ3n) is 12.6. The van der Waals surface area contributed by atoms with Crippen molar-refractivity contribution in [3.63, 3.8) is 0 Å². The first-order valence-corrected chi connectivity index (χ1v) is 55.0. The zero-order chi connectivity index (χ0) is 54.2. The Morgan fingerprint density at radius 3 is 0.652 bits per heavy atom. The molecule has 3 rings (SSSR count). The molecule has 0 spiro atoms. The summed E-state index contributed by atoms with van der Waals surface area (Å²) in [4.78, 5) is 1.36. The first-order valence-electron chi connectivity index (χ1n) is 21.9. The normalized spacial score (nSPS) is 12.9. The molecule has 0 bridgehead atoms. The minimum atomic E-state index is -5.89. The molecule has 0 unspecified atom stereocenters. The van der Waals surface area contributed by atoms with E-state index >= 15 is 0 Å². The van der Waals surface area contributed by atoms with E-state index in [9.17, 15) is 65.9 Å². The molecule has 0 fully saturated rings. The Morgan fingerprint density at radius 1 is 0.377 bits per heavy atom. The summed E-state index contributed by atoms with van der Waals surface area (Å²) in [5, 5.41) is 0. The van der Waals surface area contributed by atoms with Gasteiger partial charge in [0, 0.05) is 59.3 Å². The molecule has 0 saturated carbocycles. The van der Waals surface area contributed by atoms with Crippen LogP contribution in [0.15, 0.2) is 0 Å². The predicted octanol–water partition coefficient (Wildman–Crippen LogP) is 12.8. The van der Waals surface area contributed by atoms with Gasteiger partial charge >= 0.3 is 219 Å². The van der Waals surface area contributed by atoms with Crippen molar-refractivity contribution in [2.45, 2.75) is 126 Å². The zero-order valence-corrected chi connectivity index (χ0v) is 54.7. The molecule has 0 aliphatic heterocycles. The van der Waals surface area contributed by atoms with Crippen LogP contribution in [-0.4, -0.2) is 101 Å². The molecule has 0 heterocycles. The van der Waals surface area contributed by atoms with E-state index in [1.54, 1.807) is 0 Å². The van der Waals surface area contributed by atoms with Crippen LogP contribution in [0.25, 0.3) is 4.76 Å². The summed E-state index contributed by atoms with van der Waals surface area (Å²) < 4.78 is 217. The predicted molar refractivity (Wildman–Crippen MR) is 276 cm³/mol. The third-order valence-corrected chi connectivity index (χ3v) is 166. The second kappa shape index (κ2) is 24.8. The van der Waals surface area contributed by atoms with Gasteiger partial charge in [-0.1, -0.05) is 105 Å². The summed E-state index contributed by atoms with van der Waals surface area (Å²) in [5.74, 6) is -46.3. The van der Waals surface area contributed by atoms with E-state index in [4.69, 9.17) is 0 Å². The van der Waals surface area contributed by atoms with Crippen LogP contribution >= 0.6 is 7.92 Å². The van der Waals surface area contributed by atoms with Crippen LogP contribution < -0.4 is 16.4 Å². The maximum atomic E-state index is 14.9. The van der Waals surface area contributed by atoms with Crippen LogP contribution in [0.2, 0.25) is 105 Å². The number of nitrogens with zero attached hydrogens (tertiary/aromatic N) is 1. The summed E-state index contributed by atoms with van der Waals surface area (Å²) in [6.07, 6.45) is -1.52. The number of benzene rings is 3. The second-order valence-corrected chi connectivity index (χ2v) is 106. The fourth-order valence-electron chi connectivity index (χ4n) is 11.1. The third kappa shape index (κ3) is 13.8. The number of rotatable bonds is 13. The minimum absolute atomic E-state index is 0. The Bertz CT molecular complexity index is 2070. The molecule has 0 amide bonds. The van der Waals surface area contributed by atoms with Gasteiger partial charge in [-0.2, -0.15) is 0 Å². The quantitative estimate of drug-likeness (QED) is 0.0528. The molecule has 3 aromatic carbocycles. The Hall–Kier alpha value is -0.608. The summed E-state index contributed by atoms with van der Waals surface area (Å²) in [7, 11) is -6.48. The van der Waals surface area contributed by atoms with Gasteiger partial charge in [-0.05, 0) is 28.7 Å². The number of hydrogen-bond acceptors (Lipinski definition) is 0. The Morgan fingerprint density at radius 2 is 0.536 bits per heavy atom. The minimum Gasteiger partial charge on any atom is 1.00 e. The molecule has 0 aliphatic rings. The Labute approximate surface area is 427 Å². The van der Waals surface area contributed by atoms with Gasteiger partial charge in [0.25, 0.3) is 0 Å². The topological polar surface area (TPSA) is 4.36 Å². The fourth-order valence-corrected chi connectivity index (χ4v) is 280. The monoisotopic (exact) mass is 1260 g/mol. The number of halogens is 15. The van der Waals surface area contributed by atoms with Crippen LogP contribution in [0.4, 0.5) is 65.9 Å². The van der Waals surface area contributed by atoms with E-state index in [1.807, 2.05) is 0 Å². The first kappa shape index (κ1) is 68.4. The van der Waals surface area contributed by atoms with E-state index in [0.717, 1.165) is 0 Å². The van der Waals surface area contributed by atoms with Gasteiger partial charge in [0.15, 0.2) is 0 Å². The SMILES string of the molecule is CC[PH+](CC)CC.C[Si](C)(C)[Si]([Si](C)(C)C)[Si](C)(C)[Si](C)(C)[Si]([Si](C)(C)C)[Si](C)(C)C.Fc1c(F)c(F)c([B-]([N+]#[C][Ge])(c2c(F)c(F)c(F)c(F)c2F)c2c(F)c(F)c(F)c(F)c2F)c(F)c1F.[Cu+]. The summed E-state index contributed by atoms with van der Waals surface area (Å²) in [5.41, 5.74) is -8.42. The molecular weight excluding hydrogens is 1190 g/mol. The van der Waals surface area contributed by atoms with Crippen molar-refractivity contribution in [1.82, 2.24) is 0 Å². The van der Waals surface area contributed by atoms with Crippen LogP contribution in [0, 0.1) is 92.2 Å². The fraction of sp³-hybridized carbons (Fsp3) is 0.537. The molecule has 0 aliphatic carbocycles. The Balaban J connectivity index is 0.00000124. The summed E-state index contributed by atoms with van der Waals surface area (Å²) in [6.45, 7) is 51.6. The Kier molecular flexibility index (Phi) is 24.6. The van der Waals surface area contributed by atoms with Gasteiger partial charge in [-0.25, -0.2) is 0 Å². The van der Waals surface area contributed by atoms with Crippen molar-refractivity contribution < 1.29 is 82.9 Å². The average Bonchev–Trinajstić information content (AvgIpc) is 3.18. The second-order valence-electron chi connectivity index (χ2n) is 21.8. The molecule has 1 nitrogen and oxygen atoms in total. The molecule has 28 heteroatoms. The zero-order valence-electron chi connectivity index (χ0n) is 42.6. The molecule has 5 radical (unpaired) electrons. The smallest absolute Gasteiger partial charge is 1.00 e. The first-order chi connectivity index (χ1) is 30.4. The van der Waals surface area contributed by atoms with Crippen molar-refractivity contribution in [3.8, 4) is 4.90 Å². The van der Waals surface area contributed by atoms with Gasteiger partial charge in [0.1, 0.15) is 0 Å². The van der Waals surface area contributed by atoms with Gasteiger partial charge in [-0.3, -0.25) is 0 Å². The van der Waals surface area contributed by atoms with E-state index in [-0.39, 0.29) is 39.7 Å². The van der Waals surface area contributed by atoms with Crippen molar-refractivity contribution in [2.75, 3.05) is 18.5 Å². The van der Waals surface area contributed by atoms with E-state index < -0.39 is 155 Å². The largest absolute Gasteiger partial charge is 1.00 e. The standard InChI is InChI=1S/C19BF15GeN.C16H48Si8.C6H15P.Cu/c21-5-2(6(22)12(28)17(33)11(5)27)20(37-1-36,3-7(23)13(29)18(34)14(30)8(3)24)4-9(25)15(31)19(35)16(32)10(4)26;1-19(2,3)17(20(4,5)6)23(13,14)24(15,16)18(21(7,8)9)22(10,11)12;1-4-7(5-2)6-3;/h;1-16H3;4-6H2,1-3H3;/q;;;+1/p+1. The molecular formula is C41H64BCuF15GeNPSi8+2. The molecule has 69 heavy (non-hydrogen) atoms. The van der Waals surface area contributed by atoms with Crippen LogP contribution in [0.5, 0.6) is 0 Å². The van der Waals surface area contributed by atoms with Gasteiger partial charge < -0.3 is 0 Å². The van der Waals surface area contributed by atoms with Crippen LogP contribution in [-0.2, 0) is 17.1 Å². The van der Waals surface area contributed by atoms with E-state index in [1.165, 1.54) is 23.4 Å². The molecule has 0 N–H and O–H groups in total. The molecule has 0 atom stereocenters. The number of hydrogen-bond donors (Lipinski definition) is 0. The summed E-state index contributed by atoms with van der Waals surface area (Å²) >= 11 is 0.459. The maximum absolute atomic E-state index is 14.9. The average molecular weight is 1260 g/mol. The van der Waals surface area contributed by atoms with Crippen molar-refractivity contribution in [1.29, 1.82) is 0 Å². The van der Waals surface area contributed by atoms with Gasteiger partial charge in [0.2, 0.25) is 0 Å². The molecule has 391 valence electrons. The van der Waals surface area contributed by atoms with Gasteiger partial charge in [-0.15, -0.1) is 0 Å². The molecule has 0 saturated heterocycles. The molecule has 3 aromatic rings.